The molecule has 5 rings (SSSR count). The van der Waals surface area contributed by atoms with E-state index in [1.807, 2.05) is 19.1 Å². The van der Waals surface area contributed by atoms with E-state index in [1.54, 1.807) is 50.3 Å². The van der Waals surface area contributed by atoms with Crippen molar-refractivity contribution in [2.45, 2.75) is 26.8 Å². The normalized spacial score (nSPS) is 14.9. The van der Waals surface area contributed by atoms with Crippen LogP contribution in [-0.2, 0) is 9.53 Å². The first-order chi connectivity index (χ1) is 19.7. The summed E-state index contributed by atoms with van der Waals surface area (Å²) in [5.41, 5.74) is 1.30. The monoisotopic (exact) mass is 593 g/mol. The Hall–Kier alpha value is -4.48. The van der Waals surface area contributed by atoms with Gasteiger partial charge in [-0.25, -0.2) is 9.79 Å². The van der Waals surface area contributed by atoms with Crippen LogP contribution < -0.4 is 19.6 Å². The summed E-state index contributed by atoms with van der Waals surface area (Å²) < 4.78 is 18.6. The van der Waals surface area contributed by atoms with Crippen molar-refractivity contribution in [1.82, 2.24) is 4.57 Å². The lowest BCUT2D eigenvalue weighted by Crippen LogP contribution is -2.39. The molecule has 41 heavy (non-hydrogen) atoms. The molecule has 0 radical (unpaired) electrons. The van der Waals surface area contributed by atoms with Crippen molar-refractivity contribution in [3.63, 3.8) is 0 Å². The average Bonchev–Trinajstić information content (AvgIpc) is 3.53. The maximum Gasteiger partial charge on any atom is 0.338 e. The van der Waals surface area contributed by atoms with Crippen LogP contribution in [0.15, 0.2) is 80.1 Å². The number of carbonyl (C=O) groups excluding carboxylic acids is 1. The second-order valence-electron chi connectivity index (χ2n) is 8.93. The summed E-state index contributed by atoms with van der Waals surface area (Å²) in [6, 6.07) is 14.1. The molecule has 4 aromatic rings. The number of nitro groups is 1. The fraction of sp³-hybridized carbons (Fsp3) is 0.207. The Morgan fingerprint density at radius 3 is 2.61 bits per heavy atom. The summed E-state index contributed by atoms with van der Waals surface area (Å²) in [7, 11) is 0. The zero-order valence-electron chi connectivity index (χ0n) is 22.3. The largest absolute Gasteiger partial charge is 0.494 e. The lowest BCUT2D eigenvalue weighted by atomic mass is 9.96. The number of furan rings is 1. The van der Waals surface area contributed by atoms with Crippen molar-refractivity contribution in [2.24, 2.45) is 4.99 Å². The molecule has 1 aliphatic rings. The number of esters is 1. The predicted octanol–water partition coefficient (Wildman–Crippen LogP) is 5.02. The molecule has 1 aliphatic heterocycles. The molecule has 3 heterocycles. The van der Waals surface area contributed by atoms with Gasteiger partial charge in [-0.1, -0.05) is 35.1 Å². The van der Waals surface area contributed by atoms with E-state index in [0.29, 0.717) is 50.0 Å². The second-order valence-corrected chi connectivity index (χ2v) is 10.3. The highest BCUT2D eigenvalue weighted by atomic mass is 35.5. The summed E-state index contributed by atoms with van der Waals surface area (Å²) in [5.74, 6) is 0.856. The van der Waals surface area contributed by atoms with Gasteiger partial charge < -0.3 is 13.9 Å². The Kier molecular flexibility index (Phi) is 7.91. The Morgan fingerprint density at radius 1 is 1.17 bits per heavy atom. The van der Waals surface area contributed by atoms with Gasteiger partial charge in [0, 0.05) is 17.7 Å². The van der Waals surface area contributed by atoms with Crippen LogP contribution in [0.25, 0.3) is 17.4 Å². The van der Waals surface area contributed by atoms with Gasteiger partial charge in [-0.3, -0.25) is 19.5 Å². The van der Waals surface area contributed by atoms with E-state index in [1.165, 1.54) is 16.7 Å². The van der Waals surface area contributed by atoms with E-state index in [4.69, 9.17) is 25.5 Å². The lowest BCUT2D eigenvalue weighted by Gasteiger charge is -2.24. The molecular weight excluding hydrogens is 570 g/mol. The number of aromatic nitrogens is 1. The van der Waals surface area contributed by atoms with E-state index in [2.05, 4.69) is 4.99 Å². The van der Waals surface area contributed by atoms with Gasteiger partial charge in [0.05, 0.1) is 40.0 Å². The molecule has 2 aromatic carbocycles. The number of benzene rings is 2. The minimum Gasteiger partial charge on any atom is -0.494 e. The number of allylic oxidation sites excluding steroid dienone is 1. The fourth-order valence-corrected chi connectivity index (χ4v) is 5.75. The summed E-state index contributed by atoms with van der Waals surface area (Å²) in [6.45, 7) is 6.00. The second kappa shape index (κ2) is 11.6. The van der Waals surface area contributed by atoms with Crippen molar-refractivity contribution in [3.05, 3.63) is 112 Å². The lowest BCUT2D eigenvalue weighted by molar-refractivity contribution is -0.384. The van der Waals surface area contributed by atoms with Crippen molar-refractivity contribution in [3.8, 4) is 17.1 Å². The standard InChI is InChI=1S/C29H24ClN3O7S/c1-4-38-19-9-6-17(7-10-19)26-25(28(35)39-5-2)16(3)31-29-32(26)27(34)24(41-29)15-20-11-13-23(40-20)18-8-12-21(30)22(14-18)33(36)37/h6-15,26H,4-5H2,1-3H3/b24-15-/t26-/m0/s1. The number of hydrogen-bond acceptors (Lipinski definition) is 9. The van der Waals surface area contributed by atoms with Gasteiger partial charge in [-0.2, -0.15) is 0 Å². The van der Waals surface area contributed by atoms with Gasteiger partial charge in [-0.15, -0.1) is 0 Å². The third-order valence-corrected chi connectivity index (χ3v) is 7.65. The van der Waals surface area contributed by atoms with Crippen LogP contribution in [0.1, 0.15) is 38.1 Å². The van der Waals surface area contributed by atoms with E-state index >= 15 is 0 Å². The summed E-state index contributed by atoms with van der Waals surface area (Å²) in [5, 5.41) is 11.3. The third-order valence-electron chi connectivity index (χ3n) is 6.35. The van der Waals surface area contributed by atoms with Crippen LogP contribution in [0, 0.1) is 10.1 Å². The van der Waals surface area contributed by atoms with Crippen LogP contribution in [0.4, 0.5) is 5.69 Å². The SMILES string of the molecule is CCOC(=O)C1=C(C)N=c2s/c(=C\c3ccc(-c4ccc(Cl)c([N+](=O)[O-])c4)o3)c(=O)n2[C@H]1c1ccc(OCC)cc1. The molecule has 0 N–H and O–H groups in total. The first kappa shape index (κ1) is 28.1. The van der Waals surface area contributed by atoms with Crippen molar-refractivity contribution < 1.29 is 23.6 Å². The molecule has 0 unspecified atom stereocenters. The van der Waals surface area contributed by atoms with Gasteiger partial charge in [0.15, 0.2) is 4.80 Å². The third kappa shape index (κ3) is 5.46. The highest BCUT2D eigenvalue weighted by Gasteiger charge is 2.33. The molecule has 0 spiro atoms. The fourth-order valence-electron chi connectivity index (χ4n) is 4.54. The smallest absolute Gasteiger partial charge is 0.338 e. The van der Waals surface area contributed by atoms with Gasteiger partial charge in [-0.05, 0) is 62.7 Å². The van der Waals surface area contributed by atoms with Crippen molar-refractivity contribution in [1.29, 1.82) is 0 Å². The summed E-state index contributed by atoms with van der Waals surface area (Å²) in [4.78, 5) is 42.6. The maximum atomic E-state index is 13.8. The molecule has 0 aliphatic carbocycles. The van der Waals surface area contributed by atoms with E-state index in [0.717, 1.165) is 11.3 Å². The molecule has 0 fully saturated rings. The Labute approximate surface area is 242 Å². The summed E-state index contributed by atoms with van der Waals surface area (Å²) in [6.07, 6.45) is 1.58. The number of rotatable bonds is 8. The molecule has 0 bridgehead atoms. The van der Waals surface area contributed by atoms with Crippen LogP contribution in [0.5, 0.6) is 5.75 Å². The molecule has 12 heteroatoms. The highest BCUT2D eigenvalue weighted by molar-refractivity contribution is 7.07. The van der Waals surface area contributed by atoms with Gasteiger partial charge in [0.2, 0.25) is 0 Å². The van der Waals surface area contributed by atoms with Crippen LogP contribution in [0.2, 0.25) is 5.02 Å². The van der Waals surface area contributed by atoms with E-state index in [-0.39, 0.29) is 28.4 Å². The number of carbonyl (C=O) groups is 1. The quantitative estimate of drug-likeness (QED) is 0.159. The first-order valence-electron chi connectivity index (χ1n) is 12.7. The number of ether oxygens (including phenoxy) is 2. The highest BCUT2D eigenvalue weighted by Crippen LogP contribution is 2.33. The number of nitrogens with zero attached hydrogens (tertiary/aromatic N) is 3. The number of nitro benzene ring substituents is 1. The zero-order valence-corrected chi connectivity index (χ0v) is 23.8. The maximum absolute atomic E-state index is 13.8. The van der Waals surface area contributed by atoms with E-state index < -0.39 is 16.9 Å². The molecule has 1 atom stereocenters. The predicted molar refractivity (Wildman–Crippen MR) is 154 cm³/mol. The molecule has 10 nitrogen and oxygen atoms in total. The Morgan fingerprint density at radius 2 is 1.93 bits per heavy atom. The Bertz CT molecular complexity index is 1870. The molecule has 0 amide bonds. The van der Waals surface area contributed by atoms with Crippen molar-refractivity contribution in [2.75, 3.05) is 13.2 Å². The number of thiazole rings is 1. The van der Waals surface area contributed by atoms with Gasteiger partial charge in [0.1, 0.15) is 22.3 Å². The van der Waals surface area contributed by atoms with Crippen LogP contribution in [0.3, 0.4) is 0 Å². The Balaban J connectivity index is 1.60. The minimum atomic E-state index is -0.759. The average molecular weight is 594 g/mol. The summed E-state index contributed by atoms with van der Waals surface area (Å²) >= 11 is 7.09. The first-order valence-corrected chi connectivity index (χ1v) is 13.9. The van der Waals surface area contributed by atoms with Crippen LogP contribution in [-0.4, -0.2) is 28.7 Å². The molecule has 0 saturated heterocycles. The van der Waals surface area contributed by atoms with Gasteiger partial charge in [0.25, 0.3) is 11.2 Å². The molecule has 0 saturated carbocycles. The van der Waals surface area contributed by atoms with E-state index in [9.17, 15) is 19.7 Å². The topological polar surface area (TPSA) is 126 Å². The number of fused-ring (bicyclic) bond motifs is 1. The van der Waals surface area contributed by atoms with Crippen molar-refractivity contribution >= 4 is 40.7 Å². The molecular formula is C29H24ClN3O7S. The number of halogens is 1. The molecule has 2 aromatic heterocycles. The minimum absolute atomic E-state index is 0.0196. The number of hydrogen-bond donors (Lipinski definition) is 0. The zero-order chi connectivity index (χ0) is 29.3. The van der Waals surface area contributed by atoms with Gasteiger partial charge >= 0.3 is 5.97 Å². The van der Waals surface area contributed by atoms with Crippen LogP contribution >= 0.6 is 22.9 Å². The molecule has 210 valence electrons.